The molecule has 1 heterocycles. The predicted octanol–water partition coefficient (Wildman–Crippen LogP) is 5.23. The molecule has 21 nitrogen and oxygen atoms in total. The maximum Gasteiger partial charge on any atom is 0.312 e. The summed E-state index contributed by atoms with van der Waals surface area (Å²) >= 11 is 6.24. The molecule has 0 radical (unpaired) electrons. The highest BCUT2D eigenvalue weighted by molar-refractivity contribution is 9.14. The number of Topliss-reactive ketones (excluding diaryl/α,β-unsaturated/α-hetero) is 3. The van der Waals surface area contributed by atoms with E-state index in [0.717, 1.165) is 0 Å². The number of hydrogen-bond acceptors (Lipinski definition) is 15. The number of aromatic nitrogens is 1. The average molecular weight is 1170 g/mol. The zero-order valence-electron chi connectivity index (χ0n) is 43.1. The molecule has 5 amide bonds. The Balaban J connectivity index is 0.0000148. The molecule has 2 atom stereocenters. The van der Waals surface area contributed by atoms with Gasteiger partial charge in [0, 0.05) is 43.2 Å². The molecule has 2 aromatic carbocycles. The summed E-state index contributed by atoms with van der Waals surface area (Å²) in [4.78, 5) is 89.9. The predicted molar refractivity (Wildman–Crippen MR) is 286 cm³/mol. The van der Waals surface area contributed by atoms with E-state index >= 15 is 0 Å². The minimum atomic E-state index is -0.901. The molecule has 0 saturated carbocycles. The van der Waals surface area contributed by atoms with Gasteiger partial charge in [-0.05, 0) is 99.9 Å². The molecular weight excluding hydrogens is 1100 g/mol. The van der Waals surface area contributed by atoms with Crippen molar-refractivity contribution < 1.29 is 66.6 Å². The number of ether oxygens (including phenoxy) is 6. The number of carbonyl (C=O) groups excluding carboxylic acids is 7. The van der Waals surface area contributed by atoms with Crippen molar-refractivity contribution in [2.24, 2.45) is 23.5 Å². The van der Waals surface area contributed by atoms with Gasteiger partial charge in [0.15, 0.2) is 22.9 Å². The van der Waals surface area contributed by atoms with E-state index in [0.29, 0.717) is 34.7 Å². The van der Waals surface area contributed by atoms with Crippen molar-refractivity contribution in [2.45, 2.75) is 71.9 Å². The standard InChI is InChI=1S/C51H64Br2N8O13.CH3/c1-6-74-50-37(28-54)38(55)27-41(59-43(64)26-33-24-35(69-4)13-14-40(33)70-5)61(50)29-31-9-11-34(12-10-31)58-49(67)32(8-7-17-57-51(56)68)25-39(62)46(30(2)3)60-42(63)16-19-72-21-23-73-22-20-71-18-15-36-47(65)44(52)45(53)48(36)66;/h9-14,24,27,30,32,36,46H,6-8,15-23,25-26,29H2,1-5H3,(H7,55,56,57,58,59,60,63,64,67,68);1H3/q;-1/p+1/t32-,46+;/m1./s1. The number of nitriles is 1. The first-order chi connectivity index (χ1) is 35.4. The van der Waals surface area contributed by atoms with Gasteiger partial charge in [-0.25, -0.2) is 14.9 Å². The molecule has 0 aliphatic heterocycles. The lowest BCUT2D eigenvalue weighted by Crippen LogP contribution is -2.45. The highest BCUT2D eigenvalue weighted by Gasteiger charge is 2.38. The molecule has 3 aromatic rings. The van der Waals surface area contributed by atoms with Crippen molar-refractivity contribution in [2.75, 3.05) is 83.4 Å². The second-order valence-corrected chi connectivity index (χ2v) is 18.8. The number of nitrogen functional groups attached to an aromatic ring is 1. The Morgan fingerprint density at radius 3 is 2.08 bits per heavy atom. The van der Waals surface area contributed by atoms with Gasteiger partial charge in [0.05, 0.1) is 93.0 Å². The number of halogens is 2. The van der Waals surface area contributed by atoms with Crippen molar-refractivity contribution in [3.63, 3.8) is 0 Å². The monoisotopic (exact) mass is 1170 g/mol. The van der Waals surface area contributed by atoms with Gasteiger partial charge >= 0.3 is 17.8 Å². The van der Waals surface area contributed by atoms with E-state index < -0.39 is 41.6 Å². The third kappa shape index (κ3) is 19.3. The Morgan fingerprint density at radius 2 is 1.49 bits per heavy atom. The van der Waals surface area contributed by atoms with E-state index in [9.17, 15) is 38.8 Å². The molecule has 23 heteroatoms. The molecule has 8 N–H and O–H groups in total. The molecule has 0 fully saturated rings. The normalized spacial score (nSPS) is 13.1. The topological polar surface area (TPSA) is 303 Å². The van der Waals surface area contributed by atoms with Crippen LogP contribution in [0.4, 0.5) is 22.0 Å². The highest BCUT2D eigenvalue weighted by Crippen LogP contribution is 2.34. The molecule has 0 saturated heterocycles. The van der Waals surface area contributed by atoms with Gasteiger partial charge in [-0.2, -0.15) is 9.83 Å². The van der Waals surface area contributed by atoms with Gasteiger partial charge in [-0.3, -0.25) is 24.0 Å². The van der Waals surface area contributed by atoms with Gasteiger partial charge < -0.3 is 63.3 Å². The molecule has 1 aliphatic rings. The number of primary amides is 1. The van der Waals surface area contributed by atoms with Crippen molar-refractivity contribution in [1.82, 2.24) is 10.6 Å². The summed E-state index contributed by atoms with van der Waals surface area (Å²) in [6.45, 7) is 7.01. The van der Waals surface area contributed by atoms with Gasteiger partial charge in [0.1, 0.15) is 24.1 Å². The Labute approximate surface area is 454 Å². The number of urea groups is 1. The Morgan fingerprint density at radius 1 is 0.853 bits per heavy atom. The lowest BCUT2D eigenvalue weighted by molar-refractivity contribution is -0.679. The number of benzene rings is 2. The first-order valence-electron chi connectivity index (χ1n) is 23.9. The van der Waals surface area contributed by atoms with E-state index in [-0.39, 0.29) is 154 Å². The summed E-state index contributed by atoms with van der Waals surface area (Å²) in [5.74, 6) is -2.67. The van der Waals surface area contributed by atoms with Crippen LogP contribution in [0.25, 0.3) is 0 Å². The lowest BCUT2D eigenvalue weighted by Gasteiger charge is -2.24. The summed E-state index contributed by atoms with van der Waals surface area (Å²) in [5.41, 5.74) is 13.4. The fourth-order valence-corrected chi connectivity index (χ4v) is 8.70. The summed E-state index contributed by atoms with van der Waals surface area (Å²) < 4.78 is 35.4. The van der Waals surface area contributed by atoms with E-state index in [2.05, 4.69) is 59.2 Å². The lowest BCUT2D eigenvalue weighted by atomic mass is 9.89. The fraction of sp³-hybridized carbons (Fsp3) is 0.462. The summed E-state index contributed by atoms with van der Waals surface area (Å²) in [6.07, 6.45) is 0.479. The average Bonchev–Trinajstić information content (AvgIpc) is 3.54. The Hall–Kier alpha value is -6.45. The van der Waals surface area contributed by atoms with Crippen molar-refractivity contribution >= 4 is 90.2 Å². The van der Waals surface area contributed by atoms with Crippen LogP contribution in [0.15, 0.2) is 57.5 Å². The Bertz CT molecular complexity index is 2530. The van der Waals surface area contributed by atoms with Crippen molar-refractivity contribution in [3.8, 4) is 23.4 Å². The number of carbonyl (C=O) groups is 7. The van der Waals surface area contributed by atoms with E-state index in [1.807, 2.05) is 0 Å². The summed E-state index contributed by atoms with van der Waals surface area (Å²) in [7, 11) is 3.02. The molecular formula is C52H68Br2N8O13. The van der Waals surface area contributed by atoms with E-state index in [1.54, 1.807) is 67.8 Å². The van der Waals surface area contributed by atoms with Crippen LogP contribution < -0.4 is 51.5 Å². The van der Waals surface area contributed by atoms with E-state index in [1.165, 1.54) is 20.3 Å². The van der Waals surface area contributed by atoms with Gasteiger partial charge in [0.2, 0.25) is 11.8 Å². The number of ketones is 3. The fourth-order valence-electron chi connectivity index (χ4n) is 7.76. The molecule has 4 rings (SSSR count). The largest absolute Gasteiger partial charge is 0.497 e. The number of amides is 5. The molecule has 408 valence electrons. The third-order valence-corrected chi connectivity index (χ3v) is 13.7. The zero-order valence-corrected chi connectivity index (χ0v) is 46.3. The number of pyridine rings is 1. The van der Waals surface area contributed by atoms with E-state index in [4.69, 9.17) is 39.9 Å². The highest BCUT2D eigenvalue weighted by atomic mass is 79.9. The number of allylic oxidation sites excluding steroid dienone is 2. The van der Waals surface area contributed by atoms with Crippen LogP contribution >= 0.6 is 31.9 Å². The van der Waals surface area contributed by atoms with Gasteiger partial charge in [0.25, 0.3) is 5.82 Å². The number of rotatable bonds is 32. The van der Waals surface area contributed by atoms with Crippen LogP contribution in [-0.4, -0.2) is 114 Å². The minimum Gasteiger partial charge on any atom is -0.497 e. The zero-order chi connectivity index (χ0) is 54.3. The number of nitrogens with one attached hydrogen (secondary N) is 4. The van der Waals surface area contributed by atoms with Crippen LogP contribution in [0.1, 0.15) is 69.6 Å². The molecule has 1 aromatic heterocycles. The number of nitrogens with two attached hydrogens (primary N) is 2. The number of methoxy groups -OCH3 is 2. The smallest absolute Gasteiger partial charge is 0.312 e. The van der Waals surface area contributed by atoms with Gasteiger partial charge in [-0.15, -0.1) is 0 Å². The number of anilines is 3. The molecule has 0 bridgehead atoms. The van der Waals surface area contributed by atoms with Crippen LogP contribution in [0, 0.1) is 36.5 Å². The third-order valence-electron chi connectivity index (χ3n) is 11.6. The Kier molecular flexibility index (Phi) is 26.9. The SMILES string of the molecule is CCOc1c(C#N)c(N)cc(NC(=O)Cc2cc(OC)ccc2OC)[n+]1Cc1ccc(NC(=O)[C@H](CCCNC(N)=O)CC(=O)[C@@H](NC(=O)CCOCCOCCOCCC2C(=O)C(Br)=C(Br)C2=O)C(C)C)cc1.[CH3-]. The number of nitrogens with zero attached hydrogens (tertiary/aromatic N) is 2. The van der Waals surface area contributed by atoms with Crippen LogP contribution in [0.3, 0.4) is 0 Å². The quantitative estimate of drug-likeness (QED) is 0.0202. The van der Waals surface area contributed by atoms with Crippen molar-refractivity contribution in [1.29, 1.82) is 5.26 Å². The first-order valence-corrected chi connectivity index (χ1v) is 25.5. The summed E-state index contributed by atoms with van der Waals surface area (Å²) in [6, 6.07) is 13.9. The van der Waals surface area contributed by atoms with Crippen molar-refractivity contribution in [3.05, 3.63) is 81.6 Å². The maximum atomic E-state index is 13.9. The molecule has 75 heavy (non-hydrogen) atoms. The molecule has 0 spiro atoms. The summed E-state index contributed by atoms with van der Waals surface area (Å²) in [5, 5.41) is 21.1. The second-order valence-electron chi connectivity index (χ2n) is 17.3. The second kappa shape index (κ2) is 32.1. The van der Waals surface area contributed by atoms with Crippen LogP contribution in [0.2, 0.25) is 0 Å². The number of hydrogen-bond donors (Lipinski definition) is 6. The van der Waals surface area contributed by atoms with Crippen LogP contribution in [0.5, 0.6) is 17.4 Å². The minimum absolute atomic E-state index is 0. The molecule has 0 unspecified atom stereocenters. The van der Waals surface area contributed by atoms with Gasteiger partial charge in [-0.1, -0.05) is 26.0 Å². The first kappa shape index (κ1) is 62.8. The maximum absolute atomic E-state index is 13.9. The van der Waals surface area contributed by atoms with Crippen LogP contribution in [-0.2, 0) is 55.9 Å². The molecule has 1 aliphatic carbocycles.